The van der Waals surface area contributed by atoms with Gasteiger partial charge in [-0.2, -0.15) is 0 Å². The molecule has 1 heterocycles. The first-order chi connectivity index (χ1) is 7.98. The predicted octanol–water partition coefficient (Wildman–Crippen LogP) is 0.808. The van der Waals surface area contributed by atoms with Crippen LogP contribution >= 0.6 is 0 Å². The van der Waals surface area contributed by atoms with Crippen LogP contribution < -0.4 is 10.2 Å². The van der Waals surface area contributed by atoms with Crippen LogP contribution in [0.25, 0.3) is 0 Å². The number of anilines is 1. The summed E-state index contributed by atoms with van der Waals surface area (Å²) in [4.78, 5) is 2.58. The van der Waals surface area contributed by atoms with E-state index in [-0.39, 0.29) is 0 Å². The third kappa shape index (κ3) is 2.79. The Morgan fingerprint density at radius 2 is 1.88 bits per heavy atom. The Hall–Kier alpha value is -1.07. The van der Waals surface area contributed by atoms with E-state index < -0.39 is 9.84 Å². The van der Waals surface area contributed by atoms with Gasteiger partial charge in [0.2, 0.25) is 0 Å². The van der Waals surface area contributed by atoms with E-state index in [0.29, 0.717) is 4.90 Å². The summed E-state index contributed by atoms with van der Waals surface area (Å²) in [5, 5.41) is 3.26. The zero-order chi connectivity index (χ0) is 12.5. The van der Waals surface area contributed by atoms with Gasteiger partial charge in [0.15, 0.2) is 9.84 Å². The zero-order valence-electron chi connectivity index (χ0n) is 10.2. The van der Waals surface area contributed by atoms with Gasteiger partial charge in [-0.15, -0.1) is 0 Å². The van der Waals surface area contributed by atoms with Gasteiger partial charge >= 0.3 is 0 Å². The maximum absolute atomic E-state index is 11.8. The minimum Gasteiger partial charge on any atom is -0.368 e. The lowest BCUT2D eigenvalue weighted by Gasteiger charge is -2.30. The molecule has 0 radical (unpaired) electrons. The molecule has 94 valence electrons. The van der Waals surface area contributed by atoms with E-state index >= 15 is 0 Å². The lowest BCUT2D eigenvalue weighted by molar-refractivity contribution is 0.581. The van der Waals surface area contributed by atoms with E-state index in [1.165, 1.54) is 6.26 Å². The first kappa shape index (κ1) is 12.4. The van der Waals surface area contributed by atoms with E-state index in [9.17, 15) is 8.42 Å². The second-order valence-electron chi connectivity index (χ2n) is 4.48. The van der Waals surface area contributed by atoms with Gasteiger partial charge in [-0.25, -0.2) is 8.42 Å². The summed E-state index contributed by atoms with van der Waals surface area (Å²) in [5.74, 6) is 0. The molecule has 0 aliphatic carbocycles. The highest BCUT2D eigenvalue weighted by atomic mass is 32.2. The van der Waals surface area contributed by atoms with Crippen molar-refractivity contribution in [3.63, 3.8) is 0 Å². The van der Waals surface area contributed by atoms with Gasteiger partial charge in [0.25, 0.3) is 0 Å². The zero-order valence-corrected chi connectivity index (χ0v) is 11.0. The first-order valence-electron chi connectivity index (χ1n) is 5.75. The minimum absolute atomic E-state index is 0.444. The van der Waals surface area contributed by atoms with Crippen LogP contribution in [0.1, 0.15) is 5.56 Å². The molecule has 0 unspecified atom stereocenters. The van der Waals surface area contributed by atoms with Crippen LogP contribution in [0.15, 0.2) is 23.1 Å². The normalized spacial score (nSPS) is 17.2. The fourth-order valence-corrected chi connectivity index (χ4v) is 3.06. The average molecular weight is 254 g/mol. The van der Waals surface area contributed by atoms with Crippen molar-refractivity contribution in [3.05, 3.63) is 23.8 Å². The molecule has 0 saturated carbocycles. The Kier molecular flexibility index (Phi) is 3.40. The number of hydrogen-bond donors (Lipinski definition) is 1. The van der Waals surface area contributed by atoms with Crippen molar-refractivity contribution in [1.29, 1.82) is 0 Å². The molecule has 0 atom stereocenters. The van der Waals surface area contributed by atoms with Crippen molar-refractivity contribution in [2.45, 2.75) is 11.8 Å². The molecule has 4 nitrogen and oxygen atoms in total. The van der Waals surface area contributed by atoms with Crippen LogP contribution in [0.2, 0.25) is 0 Å². The minimum atomic E-state index is -3.17. The Morgan fingerprint density at radius 1 is 1.24 bits per heavy atom. The van der Waals surface area contributed by atoms with Crippen LogP contribution in [-0.4, -0.2) is 40.9 Å². The van der Waals surface area contributed by atoms with Gasteiger partial charge in [0.05, 0.1) is 10.6 Å². The van der Waals surface area contributed by atoms with Gasteiger partial charge in [-0.05, 0) is 24.6 Å². The second kappa shape index (κ2) is 4.66. The molecule has 1 fully saturated rings. The topological polar surface area (TPSA) is 49.4 Å². The molecule has 2 rings (SSSR count). The van der Waals surface area contributed by atoms with E-state index in [1.54, 1.807) is 6.07 Å². The maximum Gasteiger partial charge on any atom is 0.177 e. The van der Waals surface area contributed by atoms with E-state index in [1.807, 2.05) is 19.1 Å². The van der Waals surface area contributed by atoms with Crippen molar-refractivity contribution in [2.24, 2.45) is 0 Å². The van der Waals surface area contributed by atoms with Gasteiger partial charge in [0.1, 0.15) is 0 Å². The summed E-state index contributed by atoms with van der Waals surface area (Å²) < 4.78 is 23.6. The van der Waals surface area contributed by atoms with Crippen LogP contribution in [0.3, 0.4) is 0 Å². The number of sulfone groups is 1. The van der Waals surface area contributed by atoms with Crippen molar-refractivity contribution < 1.29 is 8.42 Å². The van der Waals surface area contributed by atoms with Gasteiger partial charge < -0.3 is 10.2 Å². The van der Waals surface area contributed by atoms with E-state index in [4.69, 9.17) is 0 Å². The molecule has 1 saturated heterocycles. The number of piperazine rings is 1. The maximum atomic E-state index is 11.8. The number of nitrogens with one attached hydrogen (secondary N) is 1. The molecule has 0 spiro atoms. The van der Waals surface area contributed by atoms with Crippen molar-refractivity contribution >= 4 is 15.5 Å². The lowest BCUT2D eigenvalue weighted by atomic mass is 10.2. The number of rotatable bonds is 2. The monoisotopic (exact) mass is 254 g/mol. The highest BCUT2D eigenvalue weighted by Gasteiger charge is 2.19. The van der Waals surface area contributed by atoms with E-state index in [2.05, 4.69) is 10.2 Å². The Labute approximate surface area is 103 Å². The summed E-state index contributed by atoms with van der Waals surface area (Å²) in [7, 11) is -3.17. The number of nitrogens with zero attached hydrogens (tertiary/aromatic N) is 1. The number of hydrogen-bond acceptors (Lipinski definition) is 4. The molecular formula is C12H18N2O2S. The van der Waals surface area contributed by atoms with Crippen LogP contribution in [0.5, 0.6) is 0 Å². The third-order valence-electron chi connectivity index (χ3n) is 2.97. The van der Waals surface area contributed by atoms with Crippen molar-refractivity contribution in [3.8, 4) is 0 Å². The summed E-state index contributed by atoms with van der Waals surface area (Å²) >= 11 is 0. The van der Waals surface area contributed by atoms with E-state index in [0.717, 1.165) is 37.4 Å². The van der Waals surface area contributed by atoms with Crippen LogP contribution in [-0.2, 0) is 9.84 Å². The molecule has 1 aromatic rings. The average Bonchev–Trinajstić information content (AvgIpc) is 2.29. The molecular weight excluding hydrogens is 236 g/mol. The Balaban J connectivity index is 2.45. The fourth-order valence-electron chi connectivity index (χ4n) is 2.09. The molecule has 0 aromatic heterocycles. The summed E-state index contributed by atoms with van der Waals surface area (Å²) in [6.07, 6.45) is 1.27. The highest BCUT2D eigenvalue weighted by Crippen LogP contribution is 2.26. The standard InChI is InChI=1S/C12H18N2O2S/c1-10-3-4-11(12(9-10)17(2,15)16)14-7-5-13-6-8-14/h3-4,9,13H,5-8H2,1-2H3. The van der Waals surface area contributed by atoms with Crippen LogP contribution in [0, 0.1) is 6.92 Å². The highest BCUT2D eigenvalue weighted by molar-refractivity contribution is 7.90. The lowest BCUT2D eigenvalue weighted by Crippen LogP contribution is -2.44. The number of benzene rings is 1. The molecule has 1 aromatic carbocycles. The van der Waals surface area contributed by atoms with Crippen LogP contribution in [0.4, 0.5) is 5.69 Å². The Bertz CT molecular complexity index is 505. The molecule has 1 aliphatic rings. The summed E-state index contributed by atoms with van der Waals surface area (Å²) in [6.45, 7) is 5.42. The Morgan fingerprint density at radius 3 is 2.47 bits per heavy atom. The molecule has 0 amide bonds. The quantitative estimate of drug-likeness (QED) is 0.848. The van der Waals surface area contributed by atoms with Gasteiger partial charge in [0, 0.05) is 32.4 Å². The molecule has 1 aliphatic heterocycles. The SMILES string of the molecule is Cc1ccc(N2CCNCC2)c(S(C)(=O)=O)c1. The van der Waals surface area contributed by atoms with Crippen molar-refractivity contribution in [1.82, 2.24) is 5.32 Å². The summed E-state index contributed by atoms with van der Waals surface area (Å²) in [6, 6.07) is 5.63. The molecule has 1 N–H and O–H groups in total. The fraction of sp³-hybridized carbons (Fsp3) is 0.500. The third-order valence-corrected chi connectivity index (χ3v) is 4.10. The second-order valence-corrected chi connectivity index (χ2v) is 6.46. The first-order valence-corrected chi connectivity index (χ1v) is 7.64. The largest absolute Gasteiger partial charge is 0.368 e. The number of aryl methyl sites for hydroxylation is 1. The molecule has 0 bridgehead atoms. The molecule has 5 heteroatoms. The smallest absolute Gasteiger partial charge is 0.177 e. The van der Waals surface area contributed by atoms with Gasteiger partial charge in [-0.1, -0.05) is 6.07 Å². The summed E-state index contributed by atoms with van der Waals surface area (Å²) in [5.41, 5.74) is 1.81. The van der Waals surface area contributed by atoms with Gasteiger partial charge in [-0.3, -0.25) is 0 Å². The van der Waals surface area contributed by atoms with Crippen molar-refractivity contribution in [2.75, 3.05) is 37.3 Å². The predicted molar refractivity (Wildman–Crippen MR) is 69.4 cm³/mol. The molecule has 17 heavy (non-hydrogen) atoms.